The Morgan fingerprint density at radius 3 is 1.89 bits per heavy atom. The van der Waals surface area contributed by atoms with Crippen molar-refractivity contribution in [3.05, 3.63) is 95.1 Å². The summed E-state index contributed by atoms with van der Waals surface area (Å²) in [5.41, 5.74) is 2.65. The van der Waals surface area contributed by atoms with Gasteiger partial charge >= 0.3 is 6.18 Å². The number of anilines is 1. The van der Waals surface area contributed by atoms with E-state index in [9.17, 15) is 26.4 Å². The van der Waals surface area contributed by atoms with Gasteiger partial charge in [0, 0.05) is 17.8 Å². The number of halogens is 3. The van der Waals surface area contributed by atoms with Crippen LogP contribution in [-0.2, 0) is 27.2 Å². The van der Waals surface area contributed by atoms with E-state index in [0.29, 0.717) is 11.3 Å². The predicted octanol–water partition coefficient (Wildman–Crippen LogP) is 6.19. The van der Waals surface area contributed by atoms with Gasteiger partial charge in [-0.2, -0.15) is 13.2 Å². The maximum absolute atomic E-state index is 12.9. The van der Waals surface area contributed by atoms with Crippen molar-refractivity contribution in [1.29, 1.82) is 0 Å². The smallest absolute Gasteiger partial charge is 0.326 e. The van der Waals surface area contributed by atoms with Crippen LogP contribution in [0.25, 0.3) is 0 Å². The summed E-state index contributed by atoms with van der Waals surface area (Å²) in [4.78, 5) is 14.9. The minimum absolute atomic E-state index is 0.0230. The topological polar surface area (TPSA) is 66.5 Å². The number of hydrogen-bond donors (Lipinski definition) is 1. The standard InChI is InChI=1S/C28H29F3N2O3S/c1-3-37(35,36)24-14-4-19(5-15-24)18-27(34)32-23-12-8-21(9-13-23)26-17-16-25(33(26)2)20-6-10-22(11-7-20)28(29,30)31/h4-15,25-26H,3,16-18H2,1-2H3,(H,32,34). The lowest BCUT2D eigenvalue weighted by atomic mass is 10.0. The summed E-state index contributed by atoms with van der Waals surface area (Å²) in [5, 5.41) is 2.86. The highest BCUT2D eigenvalue weighted by Crippen LogP contribution is 2.43. The van der Waals surface area contributed by atoms with Crippen molar-refractivity contribution in [2.75, 3.05) is 18.1 Å². The van der Waals surface area contributed by atoms with Crippen molar-refractivity contribution in [3.8, 4) is 0 Å². The monoisotopic (exact) mass is 530 g/mol. The first kappa shape index (κ1) is 26.9. The molecule has 0 aliphatic carbocycles. The fourth-order valence-electron chi connectivity index (χ4n) is 4.80. The highest BCUT2D eigenvalue weighted by atomic mass is 32.2. The minimum atomic E-state index is -4.34. The summed E-state index contributed by atoms with van der Waals surface area (Å²) in [6.07, 6.45) is -2.52. The molecule has 2 unspecified atom stereocenters. The molecule has 3 aromatic rings. The van der Waals surface area contributed by atoms with E-state index in [1.54, 1.807) is 31.2 Å². The van der Waals surface area contributed by atoms with Crippen molar-refractivity contribution in [3.63, 3.8) is 0 Å². The molecular weight excluding hydrogens is 501 g/mol. The molecule has 1 aliphatic heterocycles. The molecule has 1 N–H and O–H groups in total. The molecule has 4 rings (SSSR count). The number of amides is 1. The van der Waals surface area contributed by atoms with E-state index in [-0.39, 0.29) is 35.1 Å². The Hall–Kier alpha value is -3.17. The van der Waals surface area contributed by atoms with Crippen molar-refractivity contribution < 1.29 is 26.4 Å². The zero-order chi connectivity index (χ0) is 26.8. The summed E-state index contributed by atoms with van der Waals surface area (Å²) in [7, 11) is -1.30. The lowest BCUT2D eigenvalue weighted by Crippen LogP contribution is -2.21. The van der Waals surface area contributed by atoms with Gasteiger partial charge in [0.1, 0.15) is 0 Å². The predicted molar refractivity (Wildman–Crippen MR) is 137 cm³/mol. The molecule has 196 valence electrons. The van der Waals surface area contributed by atoms with Crippen LogP contribution in [0, 0.1) is 0 Å². The Kier molecular flexibility index (Phi) is 7.75. The van der Waals surface area contributed by atoms with Gasteiger partial charge in [0.25, 0.3) is 0 Å². The van der Waals surface area contributed by atoms with Gasteiger partial charge < -0.3 is 5.32 Å². The van der Waals surface area contributed by atoms with Crippen LogP contribution in [0.5, 0.6) is 0 Å². The van der Waals surface area contributed by atoms with Gasteiger partial charge in [-0.3, -0.25) is 9.69 Å². The Bertz CT molecular complexity index is 1340. The van der Waals surface area contributed by atoms with E-state index >= 15 is 0 Å². The molecule has 3 aromatic carbocycles. The second-order valence-electron chi connectivity index (χ2n) is 9.29. The Morgan fingerprint density at radius 2 is 1.41 bits per heavy atom. The van der Waals surface area contributed by atoms with Crippen LogP contribution in [0.15, 0.2) is 77.7 Å². The average Bonchev–Trinajstić information content (AvgIpc) is 3.25. The number of benzene rings is 3. The number of likely N-dealkylation sites (tertiary alicyclic amines) is 1. The third-order valence-electron chi connectivity index (χ3n) is 6.93. The van der Waals surface area contributed by atoms with Gasteiger partial charge in [-0.25, -0.2) is 8.42 Å². The van der Waals surface area contributed by atoms with Gasteiger partial charge in [0.2, 0.25) is 5.91 Å². The zero-order valence-corrected chi connectivity index (χ0v) is 21.4. The van der Waals surface area contributed by atoms with Gasteiger partial charge in [-0.15, -0.1) is 0 Å². The third-order valence-corrected chi connectivity index (χ3v) is 8.68. The number of sulfone groups is 1. The first-order chi connectivity index (χ1) is 17.5. The molecule has 1 fully saturated rings. The molecule has 1 amide bonds. The van der Waals surface area contributed by atoms with Gasteiger partial charge in [0.15, 0.2) is 9.84 Å². The Labute approximate surface area is 215 Å². The molecule has 9 heteroatoms. The first-order valence-electron chi connectivity index (χ1n) is 12.1. The highest BCUT2D eigenvalue weighted by Gasteiger charge is 2.34. The molecule has 5 nitrogen and oxygen atoms in total. The first-order valence-corrected chi connectivity index (χ1v) is 13.7. The molecule has 1 saturated heterocycles. The second-order valence-corrected chi connectivity index (χ2v) is 11.6. The SMILES string of the molecule is CCS(=O)(=O)c1ccc(CC(=O)Nc2ccc(C3CCC(c4ccc(C(F)(F)F)cc4)N3C)cc2)cc1. The van der Waals surface area contributed by atoms with Crippen LogP contribution in [0.4, 0.5) is 18.9 Å². The van der Waals surface area contributed by atoms with Crippen LogP contribution >= 0.6 is 0 Å². The molecule has 0 radical (unpaired) electrons. The lowest BCUT2D eigenvalue weighted by Gasteiger charge is -2.26. The van der Waals surface area contributed by atoms with E-state index in [2.05, 4.69) is 10.2 Å². The third kappa shape index (κ3) is 6.22. The molecule has 0 aromatic heterocycles. The summed E-state index contributed by atoms with van der Waals surface area (Å²) in [6, 6.07) is 19.5. The van der Waals surface area contributed by atoms with Gasteiger partial charge in [-0.1, -0.05) is 43.3 Å². The molecule has 37 heavy (non-hydrogen) atoms. The lowest BCUT2D eigenvalue weighted by molar-refractivity contribution is -0.137. The summed E-state index contributed by atoms with van der Waals surface area (Å²) >= 11 is 0. The van der Waals surface area contributed by atoms with E-state index in [0.717, 1.165) is 36.1 Å². The number of nitrogens with zero attached hydrogens (tertiary/aromatic N) is 1. The Balaban J connectivity index is 1.35. The number of alkyl halides is 3. The van der Waals surface area contributed by atoms with E-state index < -0.39 is 21.6 Å². The van der Waals surface area contributed by atoms with Crippen molar-refractivity contribution in [1.82, 2.24) is 4.90 Å². The summed E-state index contributed by atoms with van der Waals surface area (Å²) < 4.78 is 62.5. The normalized spacial score (nSPS) is 18.6. The fraction of sp³-hybridized carbons (Fsp3) is 0.321. The number of carbonyl (C=O) groups is 1. The Morgan fingerprint density at radius 1 is 0.892 bits per heavy atom. The van der Waals surface area contributed by atoms with Crippen LogP contribution in [0.1, 0.15) is 54.1 Å². The summed E-state index contributed by atoms with van der Waals surface area (Å²) in [5.74, 6) is -0.186. The molecule has 0 spiro atoms. The quantitative estimate of drug-likeness (QED) is 0.396. The number of nitrogens with one attached hydrogen (secondary N) is 1. The second kappa shape index (κ2) is 10.7. The van der Waals surface area contributed by atoms with Crippen LogP contribution in [0.2, 0.25) is 0 Å². The molecule has 1 aliphatic rings. The van der Waals surface area contributed by atoms with E-state index in [1.165, 1.54) is 12.1 Å². The maximum Gasteiger partial charge on any atom is 0.416 e. The van der Waals surface area contributed by atoms with Crippen molar-refractivity contribution in [2.24, 2.45) is 0 Å². The largest absolute Gasteiger partial charge is 0.416 e. The fourth-order valence-corrected chi connectivity index (χ4v) is 5.68. The van der Waals surface area contributed by atoms with Crippen LogP contribution in [-0.4, -0.2) is 32.0 Å². The average molecular weight is 531 g/mol. The van der Waals surface area contributed by atoms with Crippen molar-refractivity contribution >= 4 is 21.4 Å². The molecule has 2 atom stereocenters. The van der Waals surface area contributed by atoms with Gasteiger partial charge in [0.05, 0.1) is 22.6 Å². The van der Waals surface area contributed by atoms with E-state index in [1.807, 2.05) is 31.3 Å². The van der Waals surface area contributed by atoms with Crippen molar-refractivity contribution in [2.45, 2.75) is 49.3 Å². The molecule has 1 heterocycles. The van der Waals surface area contributed by atoms with Crippen LogP contribution in [0.3, 0.4) is 0 Å². The number of hydrogen-bond acceptors (Lipinski definition) is 4. The summed E-state index contributed by atoms with van der Waals surface area (Å²) in [6.45, 7) is 1.59. The molecule has 0 saturated carbocycles. The number of rotatable bonds is 7. The minimum Gasteiger partial charge on any atom is -0.326 e. The van der Waals surface area contributed by atoms with Gasteiger partial charge in [-0.05, 0) is 73.0 Å². The molecule has 0 bridgehead atoms. The molecular formula is C28H29F3N2O3S. The zero-order valence-electron chi connectivity index (χ0n) is 20.6. The van der Waals surface area contributed by atoms with E-state index in [4.69, 9.17) is 0 Å². The van der Waals surface area contributed by atoms with Crippen LogP contribution < -0.4 is 5.32 Å². The number of carbonyl (C=O) groups excluding carboxylic acids is 1. The highest BCUT2D eigenvalue weighted by molar-refractivity contribution is 7.91. The maximum atomic E-state index is 12.9.